The van der Waals surface area contributed by atoms with Crippen LogP contribution in [0.5, 0.6) is 0 Å². The summed E-state index contributed by atoms with van der Waals surface area (Å²) in [5, 5.41) is 17.9. The van der Waals surface area contributed by atoms with Crippen molar-refractivity contribution in [1.29, 1.82) is 0 Å². The average Bonchev–Trinajstić information content (AvgIpc) is 3.16. The summed E-state index contributed by atoms with van der Waals surface area (Å²) in [6, 6.07) is 7.92. The quantitative estimate of drug-likeness (QED) is 0.344. The first kappa shape index (κ1) is 28.3. The van der Waals surface area contributed by atoms with E-state index in [1.165, 1.54) is 0 Å². The second-order valence-electron chi connectivity index (χ2n) is 9.29. The largest absolute Gasteiger partial charge is 0.480 e. The number of rotatable bonds is 13. The van der Waals surface area contributed by atoms with E-state index in [0.717, 1.165) is 5.56 Å². The molecule has 1 aromatic heterocycles. The Hall–Kier alpha value is -3.96. The minimum atomic E-state index is -1.86. The first-order chi connectivity index (χ1) is 17.0. The third-order valence-electron chi connectivity index (χ3n) is 5.08. The van der Waals surface area contributed by atoms with Gasteiger partial charge >= 0.3 is 17.8 Å². The highest BCUT2D eigenvalue weighted by Crippen LogP contribution is 2.26. The van der Waals surface area contributed by atoms with Crippen LogP contribution in [0.1, 0.15) is 52.0 Å². The Morgan fingerprint density at radius 2 is 1.83 bits per heavy atom. The zero-order valence-electron chi connectivity index (χ0n) is 20.7. The number of carboxylic acid groups (broad SMARTS) is 1. The van der Waals surface area contributed by atoms with Crippen molar-refractivity contribution in [3.8, 4) is 0 Å². The van der Waals surface area contributed by atoms with Crippen molar-refractivity contribution >= 4 is 24.3 Å². The maximum atomic E-state index is 13.3. The SMILES string of the molecule is CC(C)C[C@H](NC(=O)OCc1ccccc1)C(=O)N[C@@](C=O)(CC(C)C)c1nn(CC(=O)O)c(=O)o1. The molecule has 12 nitrogen and oxygen atoms in total. The Bertz CT molecular complexity index is 1110. The smallest absolute Gasteiger partial charge is 0.437 e. The summed E-state index contributed by atoms with van der Waals surface area (Å²) in [6.07, 6.45) is -0.207. The topological polar surface area (TPSA) is 170 Å². The van der Waals surface area contributed by atoms with Crippen LogP contribution in [-0.2, 0) is 37.8 Å². The second-order valence-corrected chi connectivity index (χ2v) is 9.29. The molecule has 0 saturated heterocycles. The van der Waals surface area contributed by atoms with Crippen LogP contribution in [0, 0.1) is 11.8 Å². The molecule has 12 heteroatoms. The number of benzene rings is 1. The Kier molecular flexibility index (Phi) is 9.94. The summed E-state index contributed by atoms with van der Waals surface area (Å²) >= 11 is 0. The van der Waals surface area contributed by atoms with Gasteiger partial charge in [-0.25, -0.2) is 9.59 Å². The molecule has 2 atom stereocenters. The normalized spacial score (nSPS) is 13.6. The molecule has 0 bridgehead atoms. The summed E-state index contributed by atoms with van der Waals surface area (Å²) in [5.74, 6) is -3.77. The van der Waals surface area contributed by atoms with E-state index in [1.807, 2.05) is 19.9 Å². The average molecular weight is 505 g/mol. The molecule has 0 aliphatic carbocycles. The van der Waals surface area contributed by atoms with E-state index >= 15 is 0 Å². The highest BCUT2D eigenvalue weighted by atomic mass is 16.5. The summed E-state index contributed by atoms with van der Waals surface area (Å²) in [5.41, 5.74) is -1.10. The fourth-order valence-corrected chi connectivity index (χ4v) is 3.60. The van der Waals surface area contributed by atoms with Crippen molar-refractivity contribution < 1.29 is 33.4 Å². The van der Waals surface area contributed by atoms with E-state index in [4.69, 9.17) is 14.3 Å². The van der Waals surface area contributed by atoms with Crippen molar-refractivity contribution in [2.75, 3.05) is 0 Å². The lowest BCUT2D eigenvalue weighted by atomic mass is 9.89. The lowest BCUT2D eigenvalue weighted by Gasteiger charge is -2.30. The number of hydrogen-bond acceptors (Lipinski definition) is 8. The number of hydrogen-bond donors (Lipinski definition) is 3. The number of aliphatic carboxylic acids is 1. The standard InChI is InChI=1S/C24H32N4O8/c1-15(2)10-18(25-22(33)35-13-17-8-6-5-7-9-17)20(32)26-24(14-29,11-16(3)4)21-27-28(12-19(30)31)23(34)36-21/h5-9,14-16,18H,10-13H2,1-4H3,(H,25,33)(H,26,32)(H,30,31)/t18-,24+/m0/s1. The molecule has 1 aromatic carbocycles. The van der Waals surface area contributed by atoms with E-state index in [1.54, 1.807) is 38.1 Å². The Morgan fingerprint density at radius 1 is 1.17 bits per heavy atom. The number of carbonyl (C=O) groups is 4. The maximum absolute atomic E-state index is 13.3. The molecule has 3 N–H and O–H groups in total. The lowest BCUT2D eigenvalue weighted by Crippen LogP contribution is -2.56. The van der Waals surface area contributed by atoms with E-state index in [-0.39, 0.29) is 31.3 Å². The van der Waals surface area contributed by atoms with Gasteiger partial charge in [-0.15, -0.1) is 5.10 Å². The molecule has 1 heterocycles. The monoisotopic (exact) mass is 504 g/mol. The highest BCUT2D eigenvalue weighted by Gasteiger charge is 2.42. The zero-order chi connectivity index (χ0) is 26.9. The van der Waals surface area contributed by atoms with Gasteiger partial charge < -0.3 is 29.7 Å². The molecule has 0 aliphatic heterocycles. The number of nitrogens with zero attached hydrogens (tertiary/aromatic N) is 2. The zero-order valence-corrected chi connectivity index (χ0v) is 20.7. The van der Waals surface area contributed by atoms with Crippen LogP contribution >= 0.6 is 0 Å². The second kappa shape index (κ2) is 12.7. The lowest BCUT2D eigenvalue weighted by molar-refractivity contribution is -0.138. The molecule has 0 spiro atoms. The van der Waals surface area contributed by atoms with Crippen LogP contribution in [0.3, 0.4) is 0 Å². The van der Waals surface area contributed by atoms with Gasteiger partial charge in [-0.2, -0.15) is 4.68 Å². The molecule has 2 rings (SSSR count). The van der Waals surface area contributed by atoms with Gasteiger partial charge in [-0.05, 0) is 30.2 Å². The molecule has 36 heavy (non-hydrogen) atoms. The van der Waals surface area contributed by atoms with E-state index in [9.17, 15) is 24.0 Å². The van der Waals surface area contributed by atoms with Crippen LogP contribution in [-0.4, -0.2) is 45.2 Å². The molecule has 0 aliphatic rings. The number of alkyl carbamates (subject to hydrolysis) is 1. The molecular formula is C24H32N4O8. The summed E-state index contributed by atoms with van der Waals surface area (Å²) in [4.78, 5) is 61.1. The predicted octanol–water partition coefficient (Wildman–Crippen LogP) is 1.82. The van der Waals surface area contributed by atoms with Gasteiger partial charge in [-0.3, -0.25) is 9.59 Å². The number of aldehydes is 1. The fourth-order valence-electron chi connectivity index (χ4n) is 3.60. The van der Waals surface area contributed by atoms with E-state index < -0.39 is 47.7 Å². The third kappa shape index (κ3) is 8.07. The van der Waals surface area contributed by atoms with Crippen LogP contribution in [0.15, 0.2) is 39.5 Å². The first-order valence-electron chi connectivity index (χ1n) is 11.5. The summed E-state index contributed by atoms with van der Waals surface area (Å²) in [7, 11) is 0. The molecule has 0 fully saturated rings. The predicted molar refractivity (Wildman–Crippen MR) is 127 cm³/mol. The molecular weight excluding hydrogens is 472 g/mol. The van der Waals surface area contributed by atoms with Crippen molar-refractivity contribution in [2.45, 2.75) is 65.3 Å². The Labute approximate surface area is 208 Å². The van der Waals surface area contributed by atoms with Crippen molar-refractivity contribution in [2.24, 2.45) is 11.8 Å². The van der Waals surface area contributed by atoms with Gasteiger partial charge in [0.05, 0.1) is 0 Å². The van der Waals surface area contributed by atoms with Gasteiger partial charge in [0.2, 0.25) is 5.91 Å². The number of carbonyl (C=O) groups excluding carboxylic acids is 3. The molecule has 2 aromatic rings. The van der Waals surface area contributed by atoms with Crippen molar-refractivity contribution in [1.82, 2.24) is 20.4 Å². The van der Waals surface area contributed by atoms with Gasteiger partial charge in [0.1, 0.15) is 19.2 Å². The van der Waals surface area contributed by atoms with Crippen molar-refractivity contribution in [3.05, 3.63) is 52.3 Å². The van der Waals surface area contributed by atoms with E-state index in [2.05, 4.69) is 15.7 Å². The van der Waals surface area contributed by atoms with Crippen molar-refractivity contribution in [3.63, 3.8) is 0 Å². The minimum Gasteiger partial charge on any atom is -0.480 e. The molecule has 196 valence electrons. The van der Waals surface area contributed by atoms with Crippen LogP contribution in [0.2, 0.25) is 0 Å². The molecule has 0 unspecified atom stereocenters. The summed E-state index contributed by atoms with van der Waals surface area (Å²) in [6.45, 7) is 6.48. The maximum Gasteiger partial charge on any atom is 0.437 e. The number of amides is 2. The molecule has 2 amide bonds. The number of carboxylic acids is 1. The highest BCUT2D eigenvalue weighted by molar-refractivity contribution is 5.88. The first-order valence-corrected chi connectivity index (χ1v) is 11.5. The summed E-state index contributed by atoms with van der Waals surface area (Å²) < 4.78 is 10.8. The van der Waals surface area contributed by atoms with Gasteiger partial charge in [-0.1, -0.05) is 58.0 Å². The van der Waals surface area contributed by atoms with E-state index in [0.29, 0.717) is 11.0 Å². The number of aromatic nitrogens is 2. The number of ether oxygens (including phenoxy) is 1. The fraction of sp³-hybridized carbons (Fsp3) is 0.500. The third-order valence-corrected chi connectivity index (χ3v) is 5.08. The molecule has 0 saturated carbocycles. The Morgan fingerprint density at radius 3 is 2.39 bits per heavy atom. The van der Waals surface area contributed by atoms with Gasteiger partial charge in [0, 0.05) is 0 Å². The minimum absolute atomic E-state index is 0.000481. The molecule has 0 radical (unpaired) electrons. The van der Waals surface area contributed by atoms with Gasteiger partial charge in [0.15, 0.2) is 11.8 Å². The van der Waals surface area contributed by atoms with Crippen LogP contribution < -0.4 is 16.4 Å². The van der Waals surface area contributed by atoms with Crippen LogP contribution in [0.4, 0.5) is 4.79 Å². The number of nitrogens with one attached hydrogen (secondary N) is 2. The van der Waals surface area contributed by atoms with Crippen LogP contribution in [0.25, 0.3) is 0 Å². The Balaban J connectivity index is 2.27. The van der Waals surface area contributed by atoms with Gasteiger partial charge in [0.25, 0.3) is 5.89 Å².